The van der Waals surface area contributed by atoms with Crippen molar-refractivity contribution in [3.05, 3.63) is 58.9 Å². The van der Waals surface area contributed by atoms with Crippen LogP contribution in [0.25, 0.3) is 0 Å². The first kappa shape index (κ1) is 21.4. The molecular weight excluding hydrogens is 424 g/mol. The summed E-state index contributed by atoms with van der Waals surface area (Å²) in [6.45, 7) is 5.66. The zero-order valence-corrected chi connectivity index (χ0v) is 17.4. The molecule has 31 heavy (non-hydrogen) atoms. The van der Waals surface area contributed by atoms with Gasteiger partial charge in [-0.05, 0) is 18.2 Å². The van der Waals surface area contributed by atoms with E-state index in [1.807, 2.05) is 0 Å². The van der Waals surface area contributed by atoms with E-state index in [0.29, 0.717) is 34.3 Å². The monoisotopic (exact) mass is 446 g/mol. The summed E-state index contributed by atoms with van der Waals surface area (Å²) in [5, 5.41) is 19.3. The minimum absolute atomic E-state index is 0.105. The number of rotatable bonds is 7. The van der Waals surface area contributed by atoms with Crippen molar-refractivity contribution in [2.75, 3.05) is 19.6 Å². The van der Waals surface area contributed by atoms with Crippen LogP contribution in [-0.2, 0) is 4.79 Å². The van der Waals surface area contributed by atoms with Crippen LogP contribution in [0.15, 0.2) is 41.1 Å². The van der Waals surface area contributed by atoms with Crippen molar-refractivity contribution in [1.82, 2.24) is 20.9 Å². The molecule has 0 aliphatic carbocycles. The number of nitrogens with one attached hydrogen (secondary N) is 3. The highest BCUT2D eigenvalue weighted by atomic mass is 35.5. The van der Waals surface area contributed by atoms with E-state index < -0.39 is 18.1 Å². The average Bonchev–Trinajstić information content (AvgIpc) is 3.16. The minimum Gasteiger partial charge on any atom is -0.480 e. The van der Waals surface area contributed by atoms with Crippen LogP contribution in [0.1, 0.15) is 46.9 Å². The Bertz CT molecular complexity index is 1000. The van der Waals surface area contributed by atoms with Crippen molar-refractivity contribution in [3.63, 3.8) is 0 Å². The number of halogens is 1. The maximum Gasteiger partial charge on any atom is 0.288 e. The fourth-order valence-electron chi connectivity index (χ4n) is 3.35. The van der Waals surface area contributed by atoms with E-state index in [1.54, 1.807) is 18.2 Å². The van der Waals surface area contributed by atoms with E-state index in [2.05, 4.69) is 27.5 Å². The maximum atomic E-state index is 12.5. The van der Waals surface area contributed by atoms with Crippen LogP contribution in [0.5, 0.6) is 5.75 Å². The summed E-state index contributed by atoms with van der Waals surface area (Å²) in [7, 11) is 0. The molecule has 164 valence electrons. The highest BCUT2D eigenvalue weighted by Crippen LogP contribution is 2.36. The predicted molar refractivity (Wildman–Crippen MR) is 112 cm³/mol. The molecule has 10 heteroatoms. The van der Waals surface area contributed by atoms with Crippen molar-refractivity contribution in [1.29, 1.82) is 0 Å². The van der Waals surface area contributed by atoms with Gasteiger partial charge < -0.3 is 30.2 Å². The number of benzene rings is 1. The normalized spacial score (nSPS) is 20.2. The van der Waals surface area contributed by atoms with Gasteiger partial charge in [0, 0.05) is 48.8 Å². The Morgan fingerprint density at radius 3 is 2.90 bits per heavy atom. The van der Waals surface area contributed by atoms with Crippen molar-refractivity contribution in [2.45, 2.75) is 31.0 Å². The molecule has 9 nitrogen and oxygen atoms in total. The number of hydrogen-bond donors (Lipinski definition) is 4. The third-order valence-electron chi connectivity index (χ3n) is 5.22. The number of aliphatic hydroxyl groups is 1. The van der Waals surface area contributed by atoms with Gasteiger partial charge in [0.05, 0.1) is 18.2 Å². The lowest BCUT2D eigenvalue weighted by atomic mass is 9.98. The Labute approximate surface area is 183 Å². The number of carbonyl (C=O) groups excluding carboxylic acids is 2. The Balaban J connectivity index is 1.22. The number of aliphatic hydroxyl groups excluding tert-OH is 1. The number of ether oxygens (including phenoxy) is 1. The lowest BCUT2D eigenvalue weighted by molar-refractivity contribution is -0.129. The quantitative estimate of drug-likeness (QED) is 0.509. The molecule has 4 N–H and O–H groups in total. The molecule has 1 aromatic heterocycles. The van der Waals surface area contributed by atoms with E-state index >= 15 is 0 Å². The van der Waals surface area contributed by atoms with Crippen molar-refractivity contribution in [3.8, 4) is 5.75 Å². The third-order valence-corrected chi connectivity index (χ3v) is 5.46. The van der Waals surface area contributed by atoms with E-state index in [-0.39, 0.29) is 30.6 Å². The second kappa shape index (κ2) is 9.09. The fourth-order valence-corrected chi connectivity index (χ4v) is 3.54. The predicted octanol–water partition coefficient (Wildman–Crippen LogP) is 1.65. The number of carbonyl (C=O) groups is 2. The van der Waals surface area contributed by atoms with Gasteiger partial charge in [0.25, 0.3) is 11.8 Å². The van der Waals surface area contributed by atoms with E-state index in [0.717, 1.165) is 13.1 Å². The Kier molecular flexibility index (Phi) is 6.26. The minimum atomic E-state index is -0.858. The Morgan fingerprint density at radius 1 is 1.35 bits per heavy atom. The first-order chi connectivity index (χ1) is 14.9. The SMILES string of the molecule is C=C(CCNC(=O)c1cnc(C2CNC2)o1)NC(=O)[C@H]1C[C@@H](O)c2cc(Cl)ccc2O1. The number of oxazole rings is 1. The molecule has 1 fully saturated rings. The molecular formula is C21H23ClN4O5. The van der Waals surface area contributed by atoms with Gasteiger partial charge in [-0.3, -0.25) is 9.59 Å². The number of amides is 2. The summed E-state index contributed by atoms with van der Waals surface area (Å²) >= 11 is 5.94. The molecule has 2 amide bonds. The summed E-state index contributed by atoms with van der Waals surface area (Å²) in [4.78, 5) is 28.8. The van der Waals surface area contributed by atoms with Gasteiger partial charge in [0.1, 0.15) is 5.75 Å². The van der Waals surface area contributed by atoms with Crippen LogP contribution in [0.4, 0.5) is 0 Å². The molecule has 0 radical (unpaired) electrons. The molecule has 2 aromatic rings. The molecule has 2 aliphatic rings. The largest absolute Gasteiger partial charge is 0.480 e. The first-order valence-corrected chi connectivity index (χ1v) is 10.4. The second-order valence-corrected chi connectivity index (χ2v) is 7.99. The van der Waals surface area contributed by atoms with Gasteiger partial charge in [-0.15, -0.1) is 0 Å². The lowest BCUT2D eigenvalue weighted by Crippen LogP contribution is -2.41. The van der Waals surface area contributed by atoms with Gasteiger partial charge in [-0.1, -0.05) is 18.2 Å². The summed E-state index contributed by atoms with van der Waals surface area (Å²) in [6.07, 6.45) is 0.132. The average molecular weight is 447 g/mol. The molecule has 2 atom stereocenters. The van der Waals surface area contributed by atoms with Crippen molar-refractivity contribution < 1.29 is 23.8 Å². The molecule has 1 saturated heterocycles. The van der Waals surface area contributed by atoms with Gasteiger partial charge >= 0.3 is 0 Å². The van der Waals surface area contributed by atoms with Gasteiger partial charge in [-0.25, -0.2) is 4.98 Å². The molecule has 0 bridgehead atoms. The third kappa shape index (κ3) is 4.90. The highest BCUT2D eigenvalue weighted by molar-refractivity contribution is 6.30. The number of fused-ring (bicyclic) bond motifs is 1. The molecule has 1 aromatic carbocycles. The first-order valence-electron chi connectivity index (χ1n) is 9.98. The molecule has 0 unspecified atom stereocenters. The summed E-state index contributed by atoms with van der Waals surface area (Å²) in [6, 6.07) is 4.88. The Morgan fingerprint density at radius 2 is 2.16 bits per heavy atom. The molecule has 0 saturated carbocycles. The second-order valence-electron chi connectivity index (χ2n) is 7.56. The smallest absolute Gasteiger partial charge is 0.288 e. The van der Waals surface area contributed by atoms with Crippen LogP contribution in [0.2, 0.25) is 5.02 Å². The zero-order valence-electron chi connectivity index (χ0n) is 16.7. The van der Waals surface area contributed by atoms with Crippen molar-refractivity contribution >= 4 is 23.4 Å². The topological polar surface area (TPSA) is 126 Å². The van der Waals surface area contributed by atoms with Crippen molar-refractivity contribution in [2.24, 2.45) is 0 Å². The molecule has 4 rings (SSSR count). The van der Waals surface area contributed by atoms with Gasteiger partial charge in [-0.2, -0.15) is 0 Å². The zero-order chi connectivity index (χ0) is 22.0. The maximum absolute atomic E-state index is 12.5. The van der Waals surface area contributed by atoms with Gasteiger partial charge in [0.15, 0.2) is 6.10 Å². The number of aromatic nitrogens is 1. The van der Waals surface area contributed by atoms with Crippen LogP contribution in [-0.4, -0.2) is 47.6 Å². The number of hydrogen-bond acceptors (Lipinski definition) is 7. The van der Waals surface area contributed by atoms with E-state index in [9.17, 15) is 14.7 Å². The van der Waals surface area contributed by atoms with Crippen LogP contribution < -0.4 is 20.7 Å². The van der Waals surface area contributed by atoms with Gasteiger partial charge in [0.2, 0.25) is 11.7 Å². The van der Waals surface area contributed by atoms with E-state index in [1.165, 1.54) is 6.20 Å². The van der Waals surface area contributed by atoms with E-state index in [4.69, 9.17) is 20.8 Å². The molecule has 3 heterocycles. The standard InChI is InChI=1S/C21H23ClN4O5/c1-11(4-5-24-19(28)18-10-25-21(31-18)12-8-23-9-12)26-20(29)17-7-15(27)14-6-13(22)2-3-16(14)30-17/h2-3,6,10,12,15,17,23,27H,1,4-5,7-9H2,(H,24,28)(H,26,29)/t15-,17-/m1/s1. The molecule has 2 aliphatic heterocycles. The summed E-state index contributed by atoms with van der Waals surface area (Å²) < 4.78 is 11.2. The van der Waals surface area contributed by atoms with Crippen LogP contribution >= 0.6 is 11.6 Å². The summed E-state index contributed by atoms with van der Waals surface area (Å²) in [5.74, 6) is 0.550. The summed E-state index contributed by atoms with van der Waals surface area (Å²) in [5.41, 5.74) is 0.978. The van der Waals surface area contributed by atoms with Crippen LogP contribution in [0.3, 0.4) is 0 Å². The number of nitrogens with zero attached hydrogens (tertiary/aromatic N) is 1. The Hall–Kier alpha value is -2.88. The lowest BCUT2D eigenvalue weighted by Gasteiger charge is -2.29. The molecule has 0 spiro atoms. The fraction of sp³-hybridized carbons (Fsp3) is 0.381. The highest BCUT2D eigenvalue weighted by Gasteiger charge is 2.32. The van der Waals surface area contributed by atoms with Crippen LogP contribution in [0, 0.1) is 0 Å².